The van der Waals surface area contributed by atoms with Crippen molar-refractivity contribution in [2.45, 2.75) is 24.5 Å². The van der Waals surface area contributed by atoms with Gasteiger partial charge in [0.25, 0.3) is 5.56 Å². The zero-order valence-electron chi connectivity index (χ0n) is 9.18. The zero-order chi connectivity index (χ0) is 13.3. The number of rotatable bonds is 3. The summed E-state index contributed by atoms with van der Waals surface area (Å²) in [6.45, 7) is -0.464. The summed E-state index contributed by atoms with van der Waals surface area (Å²) in [5, 5.41) is 27.7. The Labute approximate surface area is 100 Å². The fraction of sp³-hybridized carbons (Fsp3) is 0.556. The number of hydrogen-bond acceptors (Lipinski definition) is 7. The fourth-order valence-corrected chi connectivity index (χ4v) is 1.90. The van der Waals surface area contributed by atoms with E-state index >= 15 is 0 Å². The topological polar surface area (TPSA) is 137 Å². The van der Waals surface area contributed by atoms with Gasteiger partial charge in [0, 0.05) is 12.3 Å². The Balaban J connectivity index is 2.38. The molecule has 4 atom stereocenters. The molecule has 9 heteroatoms. The highest BCUT2D eigenvalue weighted by atomic mass is 16.6. The molecule has 0 aliphatic carbocycles. The van der Waals surface area contributed by atoms with Gasteiger partial charge in [0.2, 0.25) is 0 Å². The largest absolute Gasteiger partial charge is 0.394 e. The smallest absolute Gasteiger partial charge is 0.330 e. The van der Waals surface area contributed by atoms with E-state index < -0.39 is 42.3 Å². The van der Waals surface area contributed by atoms with Crippen molar-refractivity contribution in [2.75, 3.05) is 6.61 Å². The molecule has 1 aliphatic heterocycles. The molecule has 0 bridgehead atoms. The van der Waals surface area contributed by atoms with Crippen LogP contribution < -0.4 is 16.7 Å². The van der Waals surface area contributed by atoms with Crippen LogP contribution in [0.4, 0.5) is 0 Å². The molecule has 0 radical (unpaired) electrons. The minimum atomic E-state index is -1.19. The highest BCUT2D eigenvalue weighted by Gasteiger charge is 2.44. The van der Waals surface area contributed by atoms with Crippen molar-refractivity contribution < 1.29 is 20.2 Å². The quantitative estimate of drug-likeness (QED) is 0.368. The van der Waals surface area contributed by atoms with Crippen LogP contribution in [-0.2, 0) is 4.74 Å². The Bertz CT molecular complexity index is 526. The van der Waals surface area contributed by atoms with Crippen molar-refractivity contribution >= 4 is 0 Å². The van der Waals surface area contributed by atoms with Crippen LogP contribution >= 0.6 is 0 Å². The summed E-state index contributed by atoms with van der Waals surface area (Å²) < 4.78 is 6.26. The van der Waals surface area contributed by atoms with Crippen molar-refractivity contribution in [3.8, 4) is 0 Å². The van der Waals surface area contributed by atoms with Gasteiger partial charge in [0.15, 0.2) is 6.23 Å². The molecule has 9 nitrogen and oxygen atoms in total. The van der Waals surface area contributed by atoms with Crippen LogP contribution in [0.1, 0.15) is 6.23 Å². The predicted octanol–water partition coefficient (Wildman–Crippen LogP) is -2.87. The van der Waals surface area contributed by atoms with Crippen LogP contribution in [0.3, 0.4) is 0 Å². The second-order valence-electron chi connectivity index (χ2n) is 3.91. The second-order valence-corrected chi connectivity index (χ2v) is 3.91. The minimum absolute atomic E-state index is 0.464. The molecule has 2 rings (SSSR count). The molecule has 0 aromatic carbocycles. The first-order valence-electron chi connectivity index (χ1n) is 5.24. The Kier molecular flexibility index (Phi) is 3.59. The fourth-order valence-electron chi connectivity index (χ4n) is 1.90. The first-order valence-corrected chi connectivity index (χ1v) is 5.24. The summed E-state index contributed by atoms with van der Waals surface area (Å²) in [5.74, 6) is 0. The molecular weight excluding hydrogens is 246 g/mol. The van der Waals surface area contributed by atoms with Gasteiger partial charge in [-0.05, 0) is 0 Å². The molecule has 0 unspecified atom stereocenters. The molecule has 1 aromatic rings. The molecule has 2 heterocycles. The summed E-state index contributed by atoms with van der Waals surface area (Å²) in [5.41, 5.74) is 0.525. The molecule has 0 amide bonds. The van der Waals surface area contributed by atoms with Crippen molar-refractivity contribution in [1.29, 1.82) is 0 Å². The average Bonchev–Trinajstić information content (AvgIpc) is 2.65. The molecule has 1 saturated heterocycles. The zero-order valence-corrected chi connectivity index (χ0v) is 9.18. The maximum Gasteiger partial charge on any atom is 0.330 e. The van der Waals surface area contributed by atoms with E-state index in [1.54, 1.807) is 0 Å². The standard InChI is InChI=1S/C9H13N3O6/c13-3-4-7(15)6(11-17)8(18-4)12-2-1-5(14)10-9(12)16/h1-2,4,6-8,11,13,15,17H,3H2,(H,10,14,16)/t4-,6-,7-,8-/m1/s1. The normalized spacial score (nSPS) is 31.7. The second kappa shape index (κ2) is 5.00. The maximum absolute atomic E-state index is 11.6. The van der Waals surface area contributed by atoms with E-state index in [0.29, 0.717) is 0 Å². The molecule has 1 fully saturated rings. The minimum Gasteiger partial charge on any atom is -0.394 e. The first kappa shape index (κ1) is 12.9. The first-order chi connectivity index (χ1) is 8.58. The third kappa shape index (κ3) is 2.09. The van der Waals surface area contributed by atoms with Gasteiger partial charge in [0.1, 0.15) is 18.2 Å². The van der Waals surface area contributed by atoms with Crippen molar-refractivity contribution in [3.05, 3.63) is 33.1 Å². The van der Waals surface area contributed by atoms with Gasteiger partial charge in [-0.3, -0.25) is 14.3 Å². The molecule has 1 aliphatic rings. The van der Waals surface area contributed by atoms with Crippen LogP contribution in [0.25, 0.3) is 0 Å². The van der Waals surface area contributed by atoms with Gasteiger partial charge in [-0.25, -0.2) is 4.79 Å². The lowest BCUT2D eigenvalue weighted by atomic mass is 10.1. The van der Waals surface area contributed by atoms with Crippen LogP contribution in [0.2, 0.25) is 0 Å². The molecular formula is C9H13N3O6. The number of ether oxygens (including phenoxy) is 1. The molecule has 0 spiro atoms. The molecule has 100 valence electrons. The van der Waals surface area contributed by atoms with Crippen LogP contribution in [-0.4, -0.2) is 49.8 Å². The number of hydrogen-bond donors (Lipinski definition) is 5. The number of aliphatic hydroxyl groups excluding tert-OH is 2. The van der Waals surface area contributed by atoms with Gasteiger partial charge in [-0.2, -0.15) is 5.48 Å². The van der Waals surface area contributed by atoms with Gasteiger partial charge >= 0.3 is 5.69 Å². The summed E-state index contributed by atoms with van der Waals surface area (Å²) in [6, 6.07) is 0.114. The monoisotopic (exact) mass is 259 g/mol. The van der Waals surface area contributed by atoms with Gasteiger partial charge in [-0.1, -0.05) is 0 Å². The Morgan fingerprint density at radius 1 is 1.50 bits per heavy atom. The van der Waals surface area contributed by atoms with Crippen LogP contribution in [0, 0.1) is 0 Å². The number of hydroxylamine groups is 1. The predicted molar refractivity (Wildman–Crippen MR) is 57.0 cm³/mol. The maximum atomic E-state index is 11.6. The van der Waals surface area contributed by atoms with Gasteiger partial charge < -0.3 is 20.2 Å². The average molecular weight is 259 g/mol. The van der Waals surface area contributed by atoms with E-state index in [1.165, 1.54) is 6.20 Å². The summed E-state index contributed by atoms with van der Waals surface area (Å²) in [6.07, 6.45) is -1.98. The van der Waals surface area contributed by atoms with Crippen molar-refractivity contribution in [2.24, 2.45) is 0 Å². The third-order valence-corrected chi connectivity index (χ3v) is 2.82. The number of nitrogens with one attached hydrogen (secondary N) is 2. The summed E-state index contributed by atoms with van der Waals surface area (Å²) >= 11 is 0. The molecule has 0 saturated carbocycles. The van der Waals surface area contributed by atoms with E-state index in [0.717, 1.165) is 10.6 Å². The van der Waals surface area contributed by atoms with Crippen molar-refractivity contribution in [3.63, 3.8) is 0 Å². The number of aromatic nitrogens is 2. The Hall–Kier alpha value is -1.52. The number of H-pyrrole nitrogens is 1. The van der Waals surface area contributed by atoms with Gasteiger partial charge in [0.05, 0.1) is 6.61 Å². The molecule has 1 aromatic heterocycles. The number of nitrogens with zero attached hydrogens (tertiary/aromatic N) is 1. The van der Waals surface area contributed by atoms with E-state index in [2.05, 4.69) is 0 Å². The Morgan fingerprint density at radius 3 is 2.78 bits per heavy atom. The van der Waals surface area contributed by atoms with Crippen LogP contribution in [0.5, 0.6) is 0 Å². The number of aliphatic hydroxyl groups is 2. The number of aromatic amines is 1. The van der Waals surface area contributed by atoms with Crippen LogP contribution in [0.15, 0.2) is 21.9 Å². The highest BCUT2D eigenvalue weighted by molar-refractivity contribution is 4.95. The SMILES string of the molecule is O=c1ccn([C@@H]2O[C@H](CO)[C@@H](O)[C@H]2NO)c(=O)[nH]1. The van der Waals surface area contributed by atoms with Crippen molar-refractivity contribution in [1.82, 2.24) is 15.0 Å². The van der Waals surface area contributed by atoms with E-state index in [9.17, 15) is 14.7 Å². The molecule has 18 heavy (non-hydrogen) atoms. The van der Waals surface area contributed by atoms with E-state index in [1.807, 2.05) is 10.5 Å². The lowest BCUT2D eigenvalue weighted by Gasteiger charge is -2.19. The highest BCUT2D eigenvalue weighted by Crippen LogP contribution is 2.27. The summed E-state index contributed by atoms with van der Waals surface area (Å²) in [4.78, 5) is 24.5. The molecule has 5 N–H and O–H groups in total. The van der Waals surface area contributed by atoms with E-state index in [-0.39, 0.29) is 0 Å². The summed E-state index contributed by atoms with van der Waals surface area (Å²) in [7, 11) is 0. The van der Waals surface area contributed by atoms with Gasteiger partial charge in [-0.15, -0.1) is 0 Å². The third-order valence-electron chi connectivity index (χ3n) is 2.82. The Morgan fingerprint density at radius 2 is 2.22 bits per heavy atom. The lowest BCUT2D eigenvalue weighted by Crippen LogP contribution is -2.45. The lowest BCUT2D eigenvalue weighted by molar-refractivity contribution is -0.0499. The van der Waals surface area contributed by atoms with E-state index in [4.69, 9.17) is 15.1 Å².